The second-order valence-electron chi connectivity index (χ2n) is 13.5. The second kappa shape index (κ2) is 12.8. The fraction of sp³-hybridized carbons (Fsp3) is 0.618. The smallest absolute Gasteiger partial charge is 0.264 e. The molecule has 4 aliphatic heterocycles. The molecule has 1 amide bonds. The molecule has 3 aromatic rings. The molecule has 0 aliphatic carbocycles. The lowest BCUT2D eigenvalue weighted by molar-refractivity contribution is -0.129. The maximum Gasteiger partial charge on any atom is 0.264 e. The van der Waals surface area contributed by atoms with E-state index in [1.807, 2.05) is 11.0 Å². The van der Waals surface area contributed by atoms with Crippen LogP contribution in [0.3, 0.4) is 0 Å². The van der Waals surface area contributed by atoms with Gasteiger partial charge in [-0.25, -0.2) is 8.78 Å². The Morgan fingerprint density at radius 1 is 1.07 bits per heavy atom. The van der Waals surface area contributed by atoms with Gasteiger partial charge >= 0.3 is 0 Å². The maximum absolute atomic E-state index is 14.6. The van der Waals surface area contributed by atoms with Crippen LogP contribution >= 0.6 is 0 Å². The number of anilines is 2. The van der Waals surface area contributed by atoms with E-state index in [1.54, 1.807) is 37.1 Å². The molecule has 0 spiro atoms. The summed E-state index contributed by atoms with van der Waals surface area (Å²) in [6.45, 7) is 9.14. The molecule has 0 bridgehead atoms. The molecule has 11 heteroatoms. The van der Waals surface area contributed by atoms with E-state index in [1.165, 1.54) is 31.5 Å². The number of carbonyl (C=O) groups is 1. The van der Waals surface area contributed by atoms with Gasteiger partial charge in [-0.05, 0) is 93.8 Å². The van der Waals surface area contributed by atoms with Crippen LogP contribution in [0.4, 0.5) is 20.3 Å². The number of aromatic nitrogens is 4. The number of alkyl halides is 2. The number of halogens is 2. The normalized spacial score (nSPS) is 20.1. The number of nitrogens with zero attached hydrogens (tertiary/aromatic N) is 7. The van der Waals surface area contributed by atoms with Gasteiger partial charge in [0.25, 0.3) is 6.43 Å². The minimum Gasteiger partial charge on any atom is -0.338 e. The van der Waals surface area contributed by atoms with Crippen LogP contribution in [0.5, 0.6) is 0 Å². The van der Waals surface area contributed by atoms with Gasteiger partial charge in [0.15, 0.2) is 5.82 Å². The molecule has 7 rings (SSSR count). The van der Waals surface area contributed by atoms with Gasteiger partial charge < -0.3 is 20.0 Å². The number of benzene rings is 1. The van der Waals surface area contributed by atoms with Crippen molar-refractivity contribution in [1.29, 1.82) is 0 Å². The number of fused-ring (bicyclic) bond motifs is 2. The van der Waals surface area contributed by atoms with Gasteiger partial charge in [0, 0.05) is 80.8 Å². The molecule has 1 aromatic carbocycles. The van der Waals surface area contributed by atoms with Gasteiger partial charge in [-0.1, -0.05) is 0 Å². The van der Waals surface area contributed by atoms with Crippen LogP contribution < -0.4 is 10.2 Å². The van der Waals surface area contributed by atoms with Crippen LogP contribution in [0.25, 0.3) is 11.1 Å². The van der Waals surface area contributed by atoms with E-state index < -0.39 is 6.43 Å². The topological polar surface area (TPSA) is 74.5 Å². The summed E-state index contributed by atoms with van der Waals surface area (Å²) in [5, 5.41) is 13.0. The Balaban J connectivity index is 1.18. The van der Waals surface area contributed by atoms with Crippen LogP contribution in [0, 0.1) is 5.92 Å². The van der Waals surface area contributed by atoms with Gasteiger partial charge in [-0.15, -0.1) is 0 Å². The molecule has 242 valence electrons. The van der Waals surface area contributed by atoms with Gasteiger partial charge in [0.1, 0.15) is 0 Å². The third kappa shape index (κ3) is 6.13. The summed E-state index contributed by atoms with van der Waals surface area (Å²) in [6.07, 6.45) is 9.29. The molecular formula is C34H46F2N8O. The van der Waals surface area contributed by atoms with Gasteiger partial charge in [-0.3, -0.25) is 14.2 Å². The Morgan fingerprint density at radius 2 is 1.87 bits per heavy atom. The Kier molecular flexibility index (Phi) is 8.65. The zero-order valence-electron chi connectivity index (χ0n) is 26.6. The molecule has 45 heavy (non-hydrogen) atoms. The van der Waals surface area contributed by atoms with Crippen LogP contribution in [0.1, 0.15) is 80.3 Å². The van der Waals surface area contributed by atoms with E-state index >= 15 is 0 Å². The maximum atomic E-state index is 14.6. The summed E-state index contributed by atoms with van der Waals surface area (Å²) in [5.41, 5.74) is 5.41. The highest BCUT2D eigenvalue weighted by molar-refractivity contribution is 5.78. The van der Waals surface area contributed by atoms with Crippen molar-refractivity contribution in [3.8, 4) is 11.1 Å². The lowest BCUT2D eigenvalue weighted by Crippen LogP contribution is -2.38. The SMILES string of the molecule is CC(=O)N1CCc2c(c(N3CCCc4cc(-c5cnn(C)c5)c(C(F)F)cc43)nn2C2CCN(CCC3CCNCC3)CC2)C1. The summed E-state index contributed by atoms with van der Waals surface area (Å²) in [5.74, 6) is 1.73. The number of aryl methyl sites for hydroxylation is 2. The van der Waals surface area contributed by atoms with Crippen molar-refractivity contribution in [2.45, 2.75) is 77.3 Å². The van der Waals surface area contributed by atoms with E-state index in [9.17, 15) is 13.6 Å². The van der Waals surface area contributed by atoms with Crippen LogP contribution in [-0.2, 0) is 31.2 Å². The Hall–Kier alpha value is -3.31. The van der Waals surface area contributed by atoms with Crippen molar-refractivity contribution in [3.63, 3.8) is 0 Å². The first-order valence-corrected chi connectivity index (χ1v) is 16.9. The molecular weight excluding hydrogens is 574 g/mol. The first kappa shape index (κ1) is 30.3. The van der Waals surface area contributed by atoms with E-state index in [4.69, 9.17) is 5.10 Å². The van der Waals surface area contributed by atoms with Crippen LogP contribution in [-0.4, -0.2) is 81.1 Å². The zero-order valence-corrected chi connectivity index (χ0v) is 26.6. The number of amides is 1. The molecule has 6 heterocycles. The molecule has 9 nitrogen and oxygen atoms in total. The average Bonchev–Trinajstić information content (AvgIpc) is 3.67. The number of hydrogen-bond donors (Lipinski definition) is 1. The molecule has 4 aliphatic rings. The van der Waals surface area contributed by atoms with Gasteiger partial charge in [0.2, 0.25) is 5.91 Å². The third-order valence-corrected chi connectivity index (χ3v) is 10.6. The second-order valence-corrected chi connectivity index (χ2v) is 13.5. The fourth-order valence-corrected chi connectivity index (χ4v) is 8.00. The first-order chi connectivity index (χ1) is 21.9. The predicted octanol–water partition coefficient (Wildman–Crippen LogP) is 5.24. The molecule has 0 saturated carbocycles. The minimum atomic E-state index is -2.62. The van der Waals surface area contributed by atoms with E-state index in [0.29, 0.717) is 36.8 Å². The van der Waals surface area contributed by atoms with Crippen molar-refractivity contribution in [2.24, 2.45) is 13.0 Å². The Morgan fingerprint density at radius 3 is 2.58 bits per heavy atom. The Bertz CT molecular complexity index is 1520. The number of likely N-dealkylation sites (tertiary alicyclic amines) is 1. The zero-order chi connectivity index (χ0) is 31.1. The molecule has 0 radical (unpaired) electrons. The monoisotopic (exact) mass is 620 g/mol. The largest absolute Gasteiger partial charge is 0.338 e. The highest BCUT2D eigenvalue weighted by atomic mass is 19.3. The number of carbonyl (C=O) groups excluding carboxylic acids is 1. The molecule has 0 atom stereocenters. The standard InChI is InChI=1S/C34H46F2N8O/c1-23(45)42-17-10-31-30(22-42)34(39-44(31)27-8-15-41(16-9-27)14-7-24-5-11-37-12-6-24)43-13-3-4-25-18-28(26-20-38-40(2)21-26)29(33(35)36)19-32(25)43/h18-21,24,27,33,37H,3-17,22H2,1-2H3. The summed E-state index contributed by atoms with van der Waals surface area (Å²) in [6, 6.07) is 3.92. The molecule has 2 fully saturated rings. The Labute approximate surface area is 264 Å². The minimum absolute atomic E-state index is 0.0178. The molecule has 1 N–H and O–H groups in total. The van der Waals surface area contributed by atoms with E-state index in [-0.39, 0.29) is 11.5 Å². The lowest BCUT2D eigenvalue weighted by atomic mass is 9.92. The summed E-state index contributed by atoms with van der Waals surface area (Å²) in [4.78, 5) is 19.2. The summed E-state index contributed by atoms with van der Waals surface area (Å²) >= 11 is 0. The van der Waals surface area contributed by atoms with Crippen LogP contribution in [0.15, 0.2) is 24.5 Å². The first-order valence-electron chi connectivity index (χ1n) is 16.9. The van der Waals surface area contributed by atoms with Crippen molar-refractivity contribution >= 4 is 17.4 Å². The van der Waals surface area contributed by atoms with E-state index in [2.05, 4.69) is 24.9 Å². The number of piperidine rings is 2. The number of hydrogen-bond acceptors (Lipinski definition) is 6. The lowest BCUT2D eigenvalue weighted by Gasteiger charge is -2.35. The van der Waals surface area contributed by atoms with Crippen molar-refractivity contribution < 1.29 is 13.6 Å². The summed E-state index contributed by atoms with van der Waals surface area (Å²) in [7, 11) is 1.80. The molecule has 2 saturated heterocycles. The molecule has 0 unspecified atom stereocenters. The van der Waals surface area contributed by atoms with Crippen molar-refractivity contribution in [2.75, 3.05) is 50.7 Å². The van der Waals surface area contributed by atoms with Crippen LogP contribution in [0.2, 0.25) is 0 Å². The predicted molar refractivity (Wildman–Crippen MR) is 171 cm³/mol. The summed E-state index contributed by atoms with van der Waals surface area (Å²) < 4.78 is 33.0. The number of rotatable bonds is 7. The average molecular weight is 621 g/mol. The van der Waals surface area contributed by atoms with E-state index in [0.717, 1.165) is 86.8 Å². The van der Waals surface area contributed by atoms with Crippen molar-refractivity contribution in [1.82, 2.24) is 34.7 Å². The quantitative estimate of drug-likeness (QED) is 0.390. The van der Waals surface area contributed by atoms with Gasteiger partial charge in [0.05, 0.1) is 18.8 Å². The highest BCUT2D eigenvalue weighted by Crippen LogP contribution is 2.43. The number of nitrogens with one attached hydrogen (secondary N) is 1. The van der Waals surface area contributed by atoms with Gasteiger partial charge in [-0.2, -0.15) is 10.2 Å². The third-order valence-electron chi connectivity index (χ3n) is 10.6. The van der Waals surface area contributed by atoms with Crippen molar-refractivity contribution in [3.05, 3.63) is 46.9 Å². The fourth-order valence-electron chi connectivity index (χ4n) is 8.00. The molecule has 2 aromatic heterocycles. The highest BCUT2D eigenvalue weighted by Gasteiger charge is 2.34.